The fraction of sp³-hybridized carbons (Fsp3) is 0.484. The van der Waals surface area contributed by atoms with Gasteiger partial charge in [0.2, 0.25) is 11.8 Å². The molecule has 1 N–H and O–H groups in total. The zero-order chi connectivity index (χ0) is 27.9. The van der Waals surface area contributed by atoms with Crippen molar-refractivity contribution in [3.63, 3.8) is 0 Å². The van der Waals surface area contributed by atoms with E-state index < -0.39 is 0 Å². The molecule has 7 heteroatoms. The molecule has 206 valence electrons. The molecule has 1 aromatic heterocycles. The number of aromatic amines is 1. The molecule has 0 unspecified atom stereocenters. The van der Waals surface area contributed by atoms with Gasteiger partial charge in [-0.2, -0.15) is 0 Å². The van der Waals surface area contributed by atoms with Crippen LogP contribution in [-0.4, -0.2) is 60.5 Å². The van der Waals surface area contributed by atoms with E-state index in [2.05, 4.69) is 31.0 Å². The van der Waals surface area contributed by atoms with Crippen molar-refractivity contribution < 1.29 is 19.1 Å². The fourth-order valence-electron chi connectivity index (χ4n) is 4.61. The first-order valence-corrected chi connectivity index (χ1v) is 13.3. The Kier molecular flexibility index (Phi) is 9.84. The number of hydrogen-bond donors (Lipinski definition) is 1. The number of ether oxygens (including phenoxy) is 2. The van der Waals surface area contributed by atoms with Crippen molar-refractivity contribution in [1.29, 1.82) is 0 Å². The van der Waals surface area contributed by atoms with Gasteiger partial charge in [-0.25, -0.2) is 0 Å². The second kappa shape index (κ2) is 12.9. The average Bonchev–Trinajstić information content (AvgIpc) is 3.27. The molecule has 2 amide bonds. The zero-order valence-electron chi connectivity index (χ0n) is 24.0. The largest absolute Gasteiger partial charge is 0.493 e. The number of amides is 2. The van der Waals surface area contributed by atoms with Gasteiger partial charge in [-0.1, -0.05) is 58.9 Å². The van der Waals surface area contributed by atoms with Crippen LogP contribution in [-0.2, 0) is 22.6 Å². The molecule has 3 aromatic rings. The monoisotopic (exact) mass is 521 g/mol. The topological polar surface area (TPSA) is 74.9 Å². The molecular weight excluding hydrogens is 478 g/mol. The van der Waals surface area contributed by atoms with Gasteiger partial charge in [0.15, 0.2) is 11.5 Å². The number of aromatic nitrogens is 1. The molecule has 3 rings (SSSR count). The predicted octanol–water partition coefficient (Wildman–Crippen LogP) is 5.68. The Hall–Kier alpha value is -3.48. The van der Waals surface area contributed by atoms with Gasteiger partial charge >= 0.3 is 0 Å². The minimum Gasteiger partial charge on any atom is -0.493 e. The van der Waals surface area contributed by atoms with Crippen LogP contribution in [0.5, 0.6) is 11.5 Å². The van der Waals surface area contributed by atoms with Crippen molar-refractivity contribution in [2.24, 2.45) is 11.3 Å². The standard InChI is InChI=1S/C31H43N3O4/c1-22(2)19-34(29(35)17-31(3,4)5)21-30(36)33(20-23-12-13-27(37-6)28(16-23)38-7)15-14-24-18-32-26-11-9-8-10-25(24)26/h8-13,16,18,22,32H,14-15,17,19-21H2,1-7H3. The first-order chi connectivity index (χ1) is 18.0. The summed E-state index contributed by atoms with van der Waals surface area (Å²) in [5, 5.41) is 1.16. The summed E-state index contributed by atoms with van der Waals surface area (Å²) in [6, 6.07) is 13.9. The maximum absolute atomic E-state index is 13.8. The van der Waals surface area contributed by atoms with E-state index >= 15 is 0 Å². The molecule has 38 heavy (non-hydrogen) atoms. The highest BCUT2D eigenvalue weighted by Crippen LogP contribution is 2.28. The lowest BCUT2D eigenvalue weighted by atomic mass is 9.91. The maximum Gasteiger partial charge on any atom is 0.242 e. The first-order valence-electron chi connectivity index (χ1n) is 13.3. The normalized spacial score (nSPS) is 11.6. The number of carbonyl (C=O) groups is 2. The highest BCUT2D eigenvalue weighted by molar-refractivity contribution is 5.85. The molecule has 0 aliphatic rings. The van der Waals surface area contributed by atoms with E-state index in [4.69, 9.17) is 9.47 Å². The summed E-state index contributed by atoms with van der Waals surface area (Å²) < 4.78 is 10.9. The van der Waals surface area contributed by atoms with E-state index in [-0.39, 0.29) is 29.7 Å². The van der Waals surface area contributed by atoms with Gasteiger partial charge in [-0.15, -0.1) is 0 Å². The Bertz CT molecular complexity index is 1230. The van der Waals surface area contributed by atoms with E-state index in [1.807, 2.05) is 62.2 Å². The Morgan fingerprint density at radius 3 is 2.32 bits per heavy atom. The van der Waals surface area contributed by atoms with Crippen molar-refractivity contribution in [2.45, 2.75) is 54.0 Å². The number of H-pyrrole nitrogens is 1. The molecule has 0 fully saturated rings. The number of nitrogens with one attached hydrogen (secondary N) is 1. The van der Waals surface area contributed by atoms with Gasteiger partial charge < -0.3 is 24.3 Å². The lowest BCUT2D eigenvalue weighted by Crippen LogP contribution is -2.45. The summed E-state index contributed by atoms with van der Waals surface area (Å²) in [5.74, 6) is 1.47. The highest BCUT2D eigenvalue weighted by Gasteiger charge is 2.26. The number of methoxy groups -OCH3 is 2. The van der Waals surface area contributed by atoms with Crippen LogP contribution in [0, 0.1) is 11.3 Å². The van der Waals surface area contributed by atoms with Gasteiger partial charge in [-0.3, -0.25) is 9.59 Å². The number of rotatable bonds is 12. The first kappa shape index (κ1) is 29.1. The van der Waals surface area contributed by atoms with Crippen LogP contribution in [0.25, 0.3) is 10.9 Å². The minimum absolute atomic E-state index is 0.0160. The van der Waals surface area contributed by atoms with Crippen LogP contribution >= 0.6 is 0 Å². The van der Waals surface area contributed by atoms with Crippen molar-refractivity contribution in [1.82, 2.24) is 14.8 Å². The molecule has 0 saturated heterocycles. The van der Waals surface area contributed by atoms with E-state index in [9.17, 15) is 9.59 Å². The summed E-state index contributed by atoms with van der Waals surface area (Å²) in [6.45, 7) is 11.8. The van der Waals surface area contributed by atoms with E-state index in [0.717, 1.165) is 22.0 Å². The summed E-state index contributed by atoms with van der Waals surface area (Å²) in [5.41, 5.74) is 3.03. The Labute approximate surface area is 227 Å². The maximum atomic E-state index is 13.8. The third kappa shape index (κ3) is 8.01. The summed E-state index contributed by atoms with van der Waals surface area (Å²) >= 11 is 0. The van der Waals surface area contributed by atoms with Crippen molar-refractivity contribution in [3.8, 4) is 11.5 Å². The summed E-state index contributed by atoms with van der Waals surface area (Å²) in [6.07, 6.45) is 3.11. The number of carbonyl (C=O) groups excluding carboxylic acids is 2. The second-order valence-corrected chi connectivity index (χ2v) is 11.5. The Morgan fingerprint density at radius 2 is 1.66 bits per heavy atom. The van der Waals surface area contributed by atoms with Gasteiger partial charge in [0.05, 0.1) is 20.8 Å². The molecule has 0 aliphatic carbocycles. The molecule has 0 atom stereocenters. The van der Waals surface area contributed by atoms with Gasteiger partial charge in [0.25, 0.3) is 0 Å². The molecule has 7 nitrogen and oxygen atoms in total. The molecule has 0 spiro atoms. The number of hydrogen-bond acceptors (Lipinski definition) is 4. The Balaban J connectivity index is 1.85. The molecule has 1 heterocycles. The van der Waals surface area contributed by atoms with Crippen LogP contribution < -0.4 is 9.47 Å². The van der Waals surface area contributed by atoms with Gasteiger partial charge in [0, 0.05) is 43.2 Å². The van der Waals surface area contributed by atoms with Gasteiger partial charge in [-0.05, 0) is 47.1 Å². The molecule has 2 aromatic carbocycles. The van der Waals surface area contributed by atoms with Crippen LogP contribution in [0.2, 0.25) is 0 Å². The van der Waals surface area contributed by atoms with Crippen molar-refractivity contribution in [3.05, 3.63) is 59.8 Å². The summed E-state index contributed by atoms with van der Waals surface area (Å²) in [7, 11) is 3.21. The second-order valence-electron chi connectivity index (χ2n) is 11.5. The average molecular weight is 522 g/mol. The number of fused-ring (bicyclic) bond motifs is 1. The van der Waals surface area contributed by atoms with E-state index in [0.29, 0.717) is 44.0 Å². The highest BCUT2D eigenvalue weighted by atomic mass is 16.5. The fourth-order valence-corrected chi connectivity index (χ4v) is 4.61. The molecule has 0 radical (unpaired) electrons. The van der Waals surface area contributed by atoms with E-state index in [1.165, 1.54) is 0 Å². The number of para-hydroxylation sites is 1. The predicted molar refractivity (Wildman–Crippen MR) is 152 cm³/mol. The molecular formula is C31H43N3O4. The number of benzene rings is 2. The van der Waals surface area contributed by atoms with Crippen LogP contribution in [0.1, 0.15) is 52.2 Å². The lowest BCUT2D eigenvalue weighted by molar-refractivity contribution is -0.142. The van der Waals surface area contributed by atoms with Crippen molar-refractivity contribution in [2.75, 3.05) is 33.9 Å². The molecule has 0 saturated carbocycles. The lowest BCUT2D eigenvalue weighted by Gasteiger charge is -2.31. The van der Waals surface area contributed by atoms with Crippen LogP contribution in [0.3, 0.4) is 0 Å². The third-order valence-electron chi connectivity index (χ3n) is 6.45. The van der Waals surface area contributed by atoms with Crippen molar-refractivity contribution >= 4 is 22.7 Å². The molecule has 0 aliphatic heterocycles. The molecule has 0 bridgehead atoms. The van der Waals surface area contributed by atoms with E-state index in [1.54, 1.807) is 19.1 Å². The summed E-state index contributed by atoms with van der Waals surface area (Å²) in [4.78, 5) is 33.9. The smallest absolute Gasteiger partial charge is 0.242 e. The quantitative estimate of drug-likeness (QED) is 0.333. The minimum atomic E-state index is -0.149. The SMILES string of the molecule is COc1ccc(CN(CCc2c[nH]c3ccccc23)C(=O)CN(CC(C)C)C(=O)CC(C)(C)C)cc1OC. The van der Waals surface area contributed by atoms with Crippen LogP contribution in [0.15, 0.2) is 48.7 Å². The Morgan fingerprint density at radius 1 is 0.947 bits per heavy atom. The number of nitrogens with zero attached hydrogens (tertiary/aromatic N) is 2. The van der Waals surface area contributed by atoms with Gasteiger partial charge in [0.1, 0.15) is 0 Å². The van der Waals surface area contributed by atoms with Crippen LogP contribution in [0.4, 0.5) is 0 Å². The zero-order valence-corrected chi connectivity index (χ0v) is 24.0. The third-order valence-corrected chi connectivity index (χ3v) is 6.45.